The second-order valence-electron chi connectivity index (χ2n) is 2.84. The molecule has 66 valence electrons. The second kappa shape index (κ2) is 3.25. The Labute approximate surface area is 71.2 Å². The van der Waals surface area contributed by atoms with E-state index in [4.69, 9.17) is 11.5 Å². The predicted octanol–water partition coefficient (Wildman–Crippen LogP) is 0.461. The van der Waals surface area contributed by atoms with Crippen LogP contribution in [-0.4, -0.2) is 16.0 Å². The third-order valence-corrected chi connectivity index (χ3v) is 1.20. The van der Waals surface area contributed by atoms with E-state index in [1.807, 2.05) is 13.8 Å². The number of nitrogens with zero attached hydrogens (tertiary/aromatic N) is 2. The summed E-state index contributed by atoms with van der Waals surface area (Å²) in [5.74, 6) is 1.24. The van der Waals surface area contributed by atoms with E-state index >= 15 is 0 Å². The molecule has 5 N–H and O–H groups in total. The van der Waals surface area contributed by atoms with E-state index in [0.29, 0.717) is 17.7 Å². The van der Waals surface area contributed by atoms with Crippen molar-refractivity contribution in [1.29, 1.82) is 0 Å². The van der Waals surface area contributed by atoms with Gasteiger partial charge >= 0.3 is 0 Å². The molecule has 0 saturated carbocycles. The molecule has 12 heavy (non-hydrogen) atoms. The fraction of sp³-hybridized carbons (Fsp3) is 0.429. The van der Waals surface area contributed by atoms with Crippen LogP contribution in [0.3, 0.4) is 0 Å². The standard InChI is InChI=1S/C7H13N5/c1-4(2)10-6-3-5(8)11-7(9)12-6/h3-4H,1-2H3,(H5,8,9,10,11,12). The number of hydrogen-bond donors (Lipinski definition) is 3. The van der Waals surface area contributed by atoms with Crippen LogP contribution >= 0.6 is 0 Å². The summed E-state index contributed by atoms with van der Waals surface area (Å²) < 4.78 is 0. The lowest BCUT2D eigenvalue weighted by molar-refractivity contribution is 0.888. The smallest absolute Gasteiger partial charge is 0.223 e. The summed E-state index contributed by atoms with van der Waals surface area (Å²) in [6, 6.07) is 1.95. The molecule has 0 bridgehead atoms. The zero-order chi connectivity index (χ0) is 9.14. The van der Waals surface area contributed by atoms with Crippen molar-refractivity contribution >= 4 is 17.6 Å². The summed E-state index contributed by atoms with van der Waals surface area (Å²) in [6.45, 7) is 4.02. The molecule has 1 heterocycles. The first kappa shape index (κ1) is 8.58. The molecule has 5 nitrogen and oxygen atoms in total. The maximum atomic E-state index is 5.46. The number of nitrogens with one attached hydrogen (secondary N) is 1. The first-order valence-corrected chi connectivity index (χ1v) is 3.74. The first-order chi connectivity index (χ1) is 5.58. The molecule has 0 radical (unpaired) electrons. The Hall–Kier alpha value is -1.52. The number of rotatable bonds is 2. The van der Waals surface area contributed by atoms with E-state index in [9.17, 15) is 0 Å². The lowest BCUT2D eigenvalue weighted by Gasteiger charge is -2.08. The van der Waals surface area contributed by atoms with Crippen molar-refractivity contribution < 1.29 is 0 Å². The normalized spacial score (nSPS) is 10.2. The van der Waals surface area contributed by atoms with Gasteiger partial charge < -0.3 is 16.8 Å². The third kappa shape index (κ3) is 2.26. The van der Waals surface area contributed by atoms with Gasteiger partial charge in [0.15, 0.2) is 0 Å². The molecule has 0 unspecified atom stereocenters. The van der Waals surface area contributed by atoms with Gasteiger partial charge in [-0.1, -0.05) is 0 Å². The summed E-state index contributed by atoms with van der Waals surface area (Å²) in [7, 11) is 0. The molecule has 1 rings (SSSR count). The van der Waals surface area contributed by atoms with Crippen molar-refractivity contribution in [2.75, 3.05) is 16.8 Å². The molecular weight excluding hydrogens is 154 g/mol. The Morgan fingerprint density at radius 3 is 2.50 bits per heavy atom. The van der Waals surface area contributed by atoms with Crippen molar-refractivity contribution in [3.8, 4) is 0 Å². The molecule has 5 heteroatoms. The molecule has 0 atom stereocenters. The van der Waals surface area contributed by atoms with Gasteiger partial charge in [-0.3, -0.25) is 0 Å². The van der Waals surface area contributed by atoms with Gasteiger partial charge in [0, 0.05) is 12.1 Å². The Bertz CT molecular complexity index is 250. The Morgan fingerprint density at radius 2 is 2.00 bits per heavy atom. The highest BCUT2D eigenvalue weighted by molar-refractivity contribution is 5.48. The highest BCUT2D eigenvalue weighted by atomic mass is 15.1. The van der Waals surface area contributed by atoms with Gasteiger partial charge in [-0.15, -0.1) is 0 Å². The first-order valence-electron chi connectivity index (χ1n) is 3.74. The number of nitrogens with two attached hydrogens (primary N) is 2. The van der Waals surface area contributed by atoms with Gasteiger partial charge in [0.1, 0.15) is 11.6 Å². The predicted molar refractivity (Wildman–Crippen MR) is 49.6 cm³/mol. The molecule has 0 aliphatic carbocycles. The van der Waals surface area contributed by atoms with E-state index in [-0.39, 0.29) is 5.95 Å². The van der Waals surface area contributed by atoms with Crippen LogP contribution in [0.4, 0.5) is 17.6 Å². The van der Waals surface area contributed by atoms with Crippen LogP contribution in [0.25, 0.3) is 0 Å². The van der Waals surface area contributed by atoms with E-state index < -0.39 is 0 Å². The maximum Gasteiger partial charge on any atom is 0.223 e. The average Bonchev–Trinajstić information content (AvgIpc) is 1.81. The van der Waals surface area contributed by atoms with Crippen molar-refractivity contribution in [3.63, 3.8) is 0 Å². The summed E-state index contributed by atoms with van der Waals surface area (Å²) in [5, 5.41) is 3.08. The lowest BCUT2D eigenvalue weighted by atomic mass is 10.4. The van der Waals surface area contributed by atoms with Gasteiger partial charge in [-0.2, -0.15) is 9.97 Å². The molecule has 0 fully saturated rings. The van der Waals surface area contributed by atoms with E-state index in [1.54, 1.807) is 6.07 Å². The highest BCUT2D eigenvalue weighted by Gasteiger charge is 1.99. The number of hydrogen-bond acceptors (Lipinski definition) is 5. The molecule has 0 saturated heterocycles. The van der Waals surface area contributed by atoms with Crippen molar-refractivity contribution in [2.24, 2.45) is 0 Å². The minimum atomic E-state index is 0.193. The van der Waals surface area contributed by atoms with Gasteiger partial charge in [0.25, 0.3) is 0 Å². The summed E-state index contributed by atoms with van der Waals surface area (Å²) in [5.41, 5.74) is 10.9. The van der Waals surface area contributed by atoms with Crippen LogP contribution in [0, 0.1) is 0 Å². The quantitative estimate of drug-likeness (QED) is 0.595. The maximum absolute atomic E-state index is 5.46. The highest BCUT2D eigenvalue weighted by Crippen LogP contribution is 2.09. The number of anilines is 3. The van der Waals surface area contributed by atoms with E-state index in [1.165, 1.54) is 0 Å². The Morgan fingerprint density at radius 1 is 1.33 bits per heavy atom. The van der Waals surface area contributed by atoms with Gasteiger partial charge in [-0.25, -0.2) is 0 Å². The summed E-state index contributed by atoms with van der Waals surface area (Å²) in [4.78, 5) is 7.70. The Balaban J connectivity index is 2.85. The average molecular weight is 167 g/mol. The lowest BCUT2D eigenvalue weighted by Crippen LogP contribution is -2.12. The van der Waals surface area contributed by atoms with Crippen LogP contribution in [0.1, 0.15) is 13.8 Å². The zero-order valence-electron chi connectivity index (χ0n) is 7.20. The third-order valence-electron chi connectivity index (χ3n) is 1.20. The number of nitrogen functional groups attached to an aromatic ring is 2. The molecule has 1 aromatic rings. The van der Waals surface area contributed by atoms with Crippen LogP contribution in [0.2, 0.25) is 0 Å². The fourth-order valence-electron chi connectivity index (χ4n) is 0.855. The van der Waals surface area contributed by atoms with Crippen LogP contribution < -0.4 is 16.8 Å². The Kier molecular flexibility index (Phi) is 2.32. The largest absolute Gasteiger partial charge is 0.383 e. The van der Waals surface area contributed by atoms with Crippen LogP contribution in [0.5, 0.6) is 0 Å². The zero-order valence-corrected chi connectivity index (χ0v) is 7.20. The molecule has 0 aromatic carbocycles. The monoisotopic (exact) mass is 167 g/mol. The van der Waals surface area contributed by atoms with Crippen molar-refractivity contribution in [3.05, 3.63) is 6.07 Å². The molecule has 0 aliphatic heterocycles. The molecule has 0 amide bonds. The van der Waals surface area contributed by atoms with Gasteiger partial charge in [0.05, 0.1) is 0 Å². The van der Waals surface area contributed by atoms with E-state index in [0.717, 1.165) is 0 Å². The second-order valence-corrected chi connectivity index (χ2v) is 2.84. The minimum Gasteiger partial charge on any atom is -0.383 e. The van der Waals surface area contributed by atoms with Crippen molar-refractivity contribution in [1.82, 2.24) is 9.97 Å². The fourth-order valence-corrected chi connectivity index (χ4v) is 0.855. The van der Waals surface area contributed by atoms with Crippen molar-refractivity contribution in [2.45, 2.75) is 19.9 Å². The topological polar surface area (TPSA) is 89.8 Å². The molecular formula is C7H13N5. The molecule has 0 aliphatic rings. The molecule has 0 spiro atoms. The van der Waals surface area contributed by atoms with Gasteiger partial charge in [-0.05, 0) is 13.8 Å². The van der Waals surface area contributed by atoms with Crippen LogP contribution in [-0.2, 0) is 0 Å². The SMILES string of the molecule is CC(C)Nc1cc(N)nc(N)n1. The summed E-state index contributed by atoms with van der Waals surface area (Å²) >= 11 is 0. The number of aromatic nitrogens is 2. The van der Waals surface area contributed by atoms with Gasteiger partial charge in [0.2, 0.25) is 5.95 Å². The van der Waals surface area contributed by atoms with Crippen LogP contribution in [0.15, 0.2) is 6.07 Å². The minimum absolute atomic E-state index is 0.193. The van der Waals surface area contributed by atoms with E-state index in [2.05, 4.69) is 15.3 Å². The molecule has 1 aromatic heterocycles. The summed E-state index contributed by atoms with van der Waals surface area (Å²) in [6.07, 6.45) is 0.